The zero-order chi connectivity index (χ0) is 15.0. The van der Waals surface area contributed by atoms with Gasteiger partial charge in [0.05, 0.1) is 11.6 Å². The summed E-state index contributed by atoms with van der Waals surface area (Å²) >= 11 is 6.19. The van der Waals surface area contributed by atoms with Gasteiger partial charge in [-0.25, -0.2) is 4.79 Å². The fraction of sp³-hybridized carbons (Fsp3) is 0.533. The smallest absolute Gasteiger partial charge is 0.347 e. The zero-order valence-corrected chi connectivity index (χ0v) is 13.0. The number of halogens is 1. The molecule has 0 aliphatic heterocycles. The number of para-hydroxylation sites is 1. The van der Waals surface area contributed by atoms with Crippen LogP contribution in [0.2, 0.25) is 5.02 Å². The Bertz CT molecular complexity index is 437. The lowest BCUT2D eigenvalue weighted by Gasteiger charge is -2.19. The van der Waals surface area contributed by atoms with Crippen molar-refractivity contribution in [2.24, 2.45) is 0 Å². The van der Waals surface area contributed by atoms with Gasteiger partial charge < -0.3 is 14.8 Å². The van der Waals surface area contributed by atoms with Crippen LogP contribution in [0.3, 0.4) is 0 Å². The van der Waals surface area contributed by atoms with Crippen molar-refractivity contribution in [1.29, 1.82) is 0 Å². The summed E-state index contributed by atoms with van der Waals surface area (Å²) in [6.45, 7) is 7.51. The fourth-order valence-electron chi connectivity index (χ4n) is 1.76. The largest absolute Gasteiger partial charge is 0.477 e. The van der Waals surface area contributed by atoms with E-state index < -0.39 is 6.10 Å². The second-order valence-electron chi connectivity index (χ2n) is 4.28. The number of esters is 1. The number of hydrogen-bond acceptors (Lipinski definition) is 4. The van der Waals surface area contributed by atoms with Gasteiger partial charge in [-0.05, 0) is 26.0 Å². The van der Waals surface area contributed by atoms with Crippen LogP contribution >= 0.6 is 11.6 Å². The van der Waals surface area contributed by atoms with Gasteiger partial charge in [-0.15, -0.1) is 0 Å². The van der Waals surface area contributed by atoms with Gasteiger partial charge in [0, 0.05) is 12.1 Å². The maximum Gasteiger partial charge on any atom is 0.347 e. The Morgan fingerprint density at radius 2 is 2.10 bits per heavy atom. The van der Waals surface area contributed by atoms with E-state index >= 15 is 0 Å². The van der Waals surface area contributed by atoms with Crippen LogP contribution < -0.4 is 10.1 Å². The van der Waals surface area contributed by atoms with Gasteiger partial charge in [-0.1, -0.05) is 37.6 Å². The third-order valence-electron chi connectivity index (χ3n) is 2.79. The molecule has 1 aromatic carbocycles. The van der Waals surface area contributed by atoms with Crippen molar-refractivity contribution in [3.05, 3.63) is 28.8 Å². The van der Waals surface area contributed by atoms with Gasteiger partial charge in [0.15, 0.2) is 6.10 Å². The van der Waals surface area contributed by atoms with Crippen LogP contribution in [-0.2, 0) is 16.1 Å². The first-order chi connectivity index (χ1) is 9.63. The van der Waals surface area contributed by atoms with Crippen molar-refractivity contribution in [3.8, 4) is 5.75 Å². The van der Waals surface area contributed by atoms with E-state index in [0.29, 0.717) is 30.3 Å². The Kier molecular flexibility index (Phi) is 7.41. The predicted octanol–water partition coefficient (Wildman–Crippen LogP) is 3.17. The maximum atomic E-state index is 11.8. The van der Waals surface area contributed by atoms with Crippen LogP contribution in [0.1, 0.15) is 32.8 Å². The molecule has 0 saturated heterocycles. The monoisotopic (exact) mass is 299 g/mol. The molecule has 0 saturated carbocycles. The molecule has 1 rings (SSSR count). The maximum absolute atomic E-state index is 11.8. The highest BCUT2D eigenvalue weighted by Crippen LogP contribution is 2.30. The van der Waals surface area contributed by atoms with Crippen molar-refractivity contribution in [2.75, 3.05) is 13.2 Å². The van der Waals surface area contributed by atoms with Gasteiger partial charge in [0.25, 0.3) is 0 Å². The Morgan fingerprint density at radius 1 is 1.35 bits per heavy atom. The number of ether oxygens (including phenoxy) is 2. The minimum atomic E-state index is -0.629. The highest BCUT2D eigenvalue weighted by Gasteiger charge is 2.22. The minimum Gasteiger partial charge on any atom is -0.477 e. The number of rotatable bonds is 8. The number of benzene rings is 1. The molecule has 0 spiro atoms. The van der Waals surface area contributed by atoms with Crippen molar-refractivity contribution < 1.29 is 14.3 Å². The van der Waals surface area contributed by atoms with E-state index in [-0.39, 0.29) is 5.97 Å². The van der Waals surface area contributed by atoms with E-state index in [9.17, 15) is 4.79 Å². The molecule has 0 heterocycles. The Morgan fingerprint density at radius 3 is 2.70 bits per heavy atom. The number of carbonyl (C=O) groups excluding carboxylic acids is 1. The molecule has 0 amide bonds. The van der Waals surface area contributed by atoms with Gasteiger partial charge in [-0.3, -0.25) is 0 Å². The van der Waals surface area contributed by atoms with E-state index in [4.69, 9.17) is 21.1 Å². The fourth-order valence-corrected chi connectivity index (χ4v) is 2.00. The first-order valence-corrected chi connectivity index (χ1v) is 7.33. The highest BCUT2D eigenvalue weighted by molar-refractivity contribution is 6.32. The Labute approximate surface area is 125 Å². The molecule has 1 unspecified atom stereocenters. The molecule has 1 atom stereocenters. The van der Waals surface area contributed by atoms with Crippen LogP contribution in [0.5, 0.6) is 5.75 Å². The molecule has 5 heteroatoms. The lowest BCUT2D eigenvalue weighted by Crippen LogP contribution is -2.29. The SMILES string of the molecule is CCNCc1cccc(Cl)c1OC(CC)C(=O)OCC. The molecule has 0 radical (unpaired) electrons. The van der Waals surface area contributed by atoms with Crippen molar-refractivity contribution >= 4 is 17.6 Å². The van der Waals surface area contributed by atoms with Gasteiger partial charge in [-0.2, -0.15) is 0 Å². The van der Waals surface area contributed by atoms with Crippen molar-refractivity contribution in [2.45, 2.75) is 39.8 Å². The van der Waals surface area contributed by atoms with Crippen LogP contribution in [0.25, 0.3) is 0 Å². The lowest BCUT2D eigenvalue weighted by molar-refractivity contribution is -0.151. The van der Waals surface area contributed by atoms with Gasteiger partial charge >= 0.3 is 5.97 Å². The van der Waals surface area contributed by atoms with Crippen molar-refractivity contribution in [1.82, 2.24) is 5.32 Å². The summed E-state index contributed by atoms with van der Waals surface area (Å²) in [5, 5.41) is 3.73. The summed E-state index contributed by atoms with van der Waals surface area (Å²) in [6, 6.07) is 5.55. The Balaban J connectivity index is 2.90. The molecule has 1 aromatic rings. The van der Waals surface area contributed by atoms with Crippen LogP contribution in [0.15, 0.2) is 18.2 Å². The second-order valence-corrected chi connectivity index (χ2v) is 4.68. The quantitative estimate of drug-likeness (QED) is 0.749. The van der Waals surface area contributed by atoms with Crippen LogP contribution in [0, 0.1) is 0 Å². The standard InChI is InChI=1S/C15H22ClNO3/c1-4-13(15(18)19-6-3)20-14-11(10-17-5-2)8-7-9-12(14)16/h7-9,13,17H,4-6,10H2,1-3H3. The molecule has 0 fully saturated rings. The molecule has 0 aliphatic carbocycles. The average Bonchev–Trinajstić information content (AvgIpc) is 2.44. The topological polar surface area (TPSA) is 47.6 Å². The lowest BCUT2D eigenvalue weighted by atomic mass is 10.2. The van der Waals surface area contributed by atoms with Gasteiger partial charge in [0.1, 0.15) is 5.75 Å². The third kappa shape index (κ3) is 4.69. The summed E-state index contributed by atoms with van der Waals surface area (Å²) in [5.41, 5.74) is 0.932. The number of hydrogen-bond donors (Lipinski definition) is 1. The predicted molar refractivity (Wildman–Crippen MR) is 80.2 cm³/mol. The minimum absolute atomic E-state index is 0.339. The van der Waals surface area contributed by atoms with E-state index in [1.165, 1.54) is 0 Å². The first kappa shape index (κ1) is 16.8. The van der Waals surface area contributed by atoms with Gasteiger partial charge in [0.2, 0.25) is 0 Å². The average molecular weight is 300 g/mol. The number of nitrogens with one attached hydrogen (secondary N) is 1. The molecular weight excluding hydrogens is 278 g/mol. The molecule has 0 aliphatic rings. The second kappa shape index (κ2) is 8.82. The van der Waals surface area contributed by atoms with Crippen LogP contribution in [0.4, 0.5) is 0 Å². The highest BCUT2D eigenvalue weighted by atomic mass is 35.5. The first-order valence-electron chi connectivity index (χ1n) is 6.95. The molecular formula is C15H22ClNO3. The van der Waals surface area contributed by atoms with E-state index in [1.807, 2.05) is 26.0 Å². The van der Waals surface area contributed by atoms with E-state index in [1.54, 1.807) is 13.0 Å². The number of carbonyl (C=O) groups is 1. The van der Waals surface area contributed by atoms with E-state index in [2.05, 4.69) is 5.32 Å². The summed E-state index contributed by atoms with van der Waals surface area (Å²) in [6.07, 6.45) is -0.0970. The molecule has 112 valence electrons. The molecule has 4 nitrogen and oxygen atoms in total. The molecule has 20 heavy (non-hydrogen) atoms. The zero-order valence-electron chi connectivity index (χ0n) is 12.2. The Hall–Kier alpha value is -1.26. The summed E-state index contributed by atoms with van der Waals surface area (Å²) in [7, 11) is 0. The third-order valence-corrected chi connectivity index (χ3v) is 3.09. The molecule has 0 aromatic heterocycles. The molecule has 1 N–H and O–H groups in total. The summed E-state index contributed by atoms with van der Waals surface area (Å²) in [5.74, 6) is 0.194. The van der Waals surface area contributed by atoms with Crippen molar-refractivity contribution in [3.63, 3.8) is 0 Å². The summed E-state index contributed by atoms with van der Waals surface area (Å²) < 4.78 is 10.8. The molecule has 0 bridgehead atoms. The van der Waals surface area contributed by atoms with Crippen LogP contribution in [-0.4, -0.2) is 25.2 Å². The van der Waals surface area contributed by atoms with E-state index in [0.717, 1.165) is 12.1 Å². The normalized spacial score (nSPS) is 12.0. The summed E-state index contributed by atoms with van der Waals surface area (Å²) in [4.78, 5) is 11.8.